The zero-order chi connectivity index (χ0) is 14.5. The van der Waals surface area contributed by atoms with Gasteiger partial charge in [0.1, 0.15) is 0 Å². The number of hydrogen-bond donors (Lipinski definition) is 2. The van der Waals surface area contributed by atoms with Crippen LogP contribution in [0.25, 0.3) is 0 Å². The van der Waals surface area contributed by atoms with Gasteiger partial charge in [0.05, 0.1) is 6.04 Å². The van der Waals surface area contributed by atoms with Crippen LogP contribution in [0.5, 0.6) is 0 Å². The Balaban J connectivity index is 1.87. The molecule has 1 aliphatic heterocycles. The lowest BCUT2D eigenvalue weighted by Crippen LogP contribution is -2.51. The van der Waals surface area contributed by atoms with Gasteiger partial charge in [-0.3, -0.25) is 9.69 Å². The molecular weight excluding hydrogens is 250 g/mol. The maximum Gasteiger partial charge on any atom is 0.237 e. The predicted octanol–water partition coefficient (Wildman–Crippen LogP) is 1.75. The smallest absolute Gasteiger partial charge is 0.237 e. The van der Waals surface area contributed by atoms with Crippen molar-refractivity contribution in [3.8, 4) is 0 Å². The Labute approximate surface area is 123 Å². The van der Waals surface area contributed by atoms with E-state index < -0.39 is 0 Å². The Morgan fingerprint density at radius 3 is 2.60 bits per heavy atom. The number of amides is 1. The molecular formula is C16H31N3O. The van der Waals surface area contributed by atoms with Gasteiger partial charge in [-0.05, 0) is 58.4 Å². The molecule has 2 rings (SSSR count). The van der Waals surface area contributed by atoms with E-state index in [9.17, 15) is 4.79 Å². The second-order valence-corrected chi connectivity index (χ2v) is 6.68. The quantitative estimate of drug-likeness (QED) is 0.712. The first-order valence-electron chi connectivity index (χ1n) is 8.38. The minimum absolute atomic E-state index is 0.00741. The van der Waals surface area contributed by atoms with Crippen LogP contribution < -0.4 is 10.6 Å². The first-order chi connectivity index (χ1) is 9.60. The van der Waals surface area contributed by atoms with Crippen molar-refractivity contribution in [2.45, 2.75) is 71.0 Å². The van der Waals surface area contributed by atoms with Crippen molar-refractivity contribution in [2.24, 2.45) is 5.92 Å². The van der Waals surface area contributed by atoms with Gasteiger partial charge >= 0.3 is 0 Å². The fraction of sp³-hybridized carbons (Fsp3) is 0.938. The van der Waals surface area contributed by atoms with Gasteiger partial charge in [0, 0.05) is 25.2 Å². The van der Waals surface area contributed by atoms with E-state index in [2.05, 4.69) is 36.3 Å². The SMILES string of the molecule is CCC(C)NC(=O)C(C)N(CC1CC1)CC1CCCN1. The van der Waals surface area contributed by atoms with E-state index in [0.717, 1.165) is 32.0 Å². The highest BCUT2D eigenvalue weighted by molar-refractivity contribution is 5.81. The maximum atomic E-state index is 12.4. The minimum atomic E-state index is -0.00741. The van der Waals surface area contributed by atoms with Gasteiger partial charge in [0.2, 0.25) is 5.91 Å². The van der Waals surface area contributed by atoms with Gasteiger partial charge < -0.3 is 10.6 Å². The molecule has 1 aliphatic carbocycles. The molecule has 2 aliphatic rings. The average molecular weight is 281 g/mol. The molecule has 20 heavy (non-hydrogen) atoms. The summed E-state index contributed by atoms with van der Waals surface area (Å²) in [5.41, 5.74) is 0. The van der Waals surface area contributed by atoms with Crippen molar-refractivity contribution >= 4 is 5.91 Å². The van der Waals surface area contributed by atoms with Crippen molar-refractivity contribution in [3.05, 3.63) is 0 Å². The highest BCUT2D eigenvalue weighted by Crippen LogP contribution is 2.30. The van der Waals surface area contributed by atoms with Gasteiger partial charge in [-0.15, -0.1) is 0 Å². The second-order valence-electron chi connectivity index (χ2n) is 6.68. The Kier molecular flexibility index (Phi) is 5.85. The Hall–Kier alpha value is -0.610. The van der Waals surface area contributed by atoms with E-state index in [4.69, 9.17) is 0 Å². The van der Waals surface area contributed by atoms with Crippen LogP contribution in [0.1, 0.15) is 52.9 Å². The molecule has 0 radical (unpaired) electrons. The maximum absolute atomic E-state index is 12.4. The highest BCUT2D eigenvalue weighted by Gasteiger charge is 2.31. The van der Waals surface area contributed by atoms with E-state index in [1.807, 2.05) is 0 Å². The molecule has 1 amide bonds. The lowest BCUT2D eigenvalue weighted by Gasteiger charge is -2.31. The molecule has 0 bridgehead atoms. The minimum Gasteiger partial charge on any atom is -0.352 e. The Morgan fingerprint density at radius 1 is 1.30 bits per heavy atom. The lowest BCUT2D eigenvalue weighted by atomic mass is 10.1. The van der Waals surface area contributed by atoms with Crippen LogP contribution in [0.3, 0.4) is 0 Å². The summed E-state index contributed by atoms with van der Waals surface area (Å²) in [6.07, 6.45) is 6.20. The van der Waals surface area contributed by atoms with Crippen LogP contribution in [0.4, 0.5) is 0 Å². The Bertz CT molecular complexity index is 311. The zero-order valence-corrected chi connectivity index (χ0v) is 13.3. The summed E-state index contributed by atoms with van der Waals surface area (Å²) in [6.45, 7) is 9.50. The van der Waals surface area contributed by atoms with Crippen molar-refractivity contribution in [2.75, 3.05) is 19.6 Å². The molecule has 0 aromatic rings. The molecule has 0 aromatic carbocycles. The van der Waals surface area contributed by atoms with Crippen molar-refractivity contribution in [1.29, 1.82) is 0 Å². The first-order valence-corrected chi connectivity index (χ1v) is 8.38. The molecule has 116 valence electrons. The molecule has 4 nitrogen and oxygen atoms in total. The fourth-order valence-electron chi connectivity index (χ4n) is 2.85. The summed E-state index contributed by atoms with van der Waals surface area (Å²) in [5, 5.41) is 6.68. The van der Waals surface area contributed by atoms with Gasteiger partial charge in [-0.25, -0.2) is 0 Å². The average Bonchev–Trinajstić information content (AvgIpc) is 3.10. The summed E-state index contributed by atoms with van der Waals surface area (Å²) in [6, 6.07) is 0.844. The molecule has 3 atom stereocenters. The van der Waals surface area contributed by atoms with Crippen molar-refractivity contribution in [3.63, 3.8) is 0 Å². The van der Waals surface area contributed by atoms with Crippen molar-refractivity contribution in [1.82, 2.24) is 15.5 Å². The summed E-state index contributed by atoms with van der Waals surface area (Å²) < 4.78 is 0. The number of nitrogens with one attached hydrogen (secondary N) is 2. The number of carbonyl (C=O) groups is 1. The third-order valence-electron chi connectivity index (χ3n) is 4.74. The third-order valence-corrected chi connectivity index (χ3v) is 4.74. The van der Waals surface area contributed by atoms with Gasteiger partial charge in [0.15, 0.2) is 0 Å². The van der Waals surface area contributed by atoms with E-state index in [1.54, 1.807) is 0 Å². The van der Waals surface area contributed by atoms with E-state index in [1.165, 1.54) is 25.7 Å². The Morgan fingerprint density at radius 2 is 2.05 bits per heavy atom. The highest BCUT2D eigenvalue weighted by atomic mass is 16.2. The first kappa shape index (κ1) is 15.8. The summed E-state index contributed by atoms with van der Waals surface area (Å²) in [4.78, 5) is 14.8. The van der Waals surface area contributed by atoms with Gasteiger partial charge in [0.25, 0.3) is 0 Å². The third kappa shape index (κ3) is 4.74. The van der Waals surface area contributed by atoms with E-state index in [-0.39, 0.29) is 18.0 Å². The number of carbonyl (C=O) groups excluding carboxylic acids is 1. The molecule has 2 fully saturated rings. The number of rotatable bonds is 8. The topological polar surface area (TPSA) is 44.4 Å². The standard InChI is InChI=1S/C16H31N3O/c1-4-12(2)18-16(20)13(3)19(10-14-7-8-14)11-15-6-5-9-17-15/h12-15,17H,4-11H2,1-3H3,(H,18,20). The molecule has 1 heterocycles. The second kappa shape index (κ2) is 7.41. The van der Waals surface area contributed by atoms with E-state index in [0.29, 0.717) is 6.04 Å². The van der Waals surface area contributed by atoms with E-state index >= 15 is 0 Å². The van der Waals surface area contributed by atoms with Crippen LogP contribution in [0.2, 0.25) is 0 Å². The molecule has 0 aromatic heterocycles. The molecule has 0 spiro atoms. The largest absolute Gasteiger partial charge is 0.352 e. The summed E-state index contributed by atoms with van der Waals surface area (Å²) >= 11 is 0. The monoisotopic (exact) mass is 281 g/mol. The summed E-state index contributed by atoms with van der Waals surface area (Å²) in [5.74, 6) is 1.02. The zero-order valence-electron chi connectivity index (χ0n) is 13.3. The van der Waals surface area contributed by atoms with Crippen molar-refractivity contribution < 1.29 is 4.79 Å². The van der Waals surface area contributed by atoms with Crippen LogP contribution in [-0.4, -0.2) is 48.6 Å². The van der Waals surface area contributed by atoms with Crippen LogP contribution >= 0.6 is 0 Å². The number of nitrogens with zero attached hydrogens (tertiary/aromatic N) is 1. The van der Waals surface area contributed by atoms with Gasteiger partial charge in [-0.1, -0.05) is 6.92 Å². The molecule has 2 N–H and O–H groups in total. The van der Waals surface area contributed by atoms with Crippen LogP contribution in [0.15, 0.2) is 0 Å². The van der Waals surface area contributed by atoms with Crippen LogP contribution in [0, 0.1) is 5.92 Å². The predicted molar refractivity (Wildman–Crippen MR) is 82.7 cm³/mol. The van der Waals surface area contributed by atoms with Gasteiger partial charge in [-0.2, -0.15) is 0 Å². The molecule has 3 unspecified atom stereocenters. The fourth-order valence-corrected chi connectivity index (χ4v) is 2.85. The molecule has 4 heteroatoms. The normalized spacial score (nSPS) is 25.7. The van der Waals surface area contributed by atoms with Crippen LogP contribution in [-0.2, 0) is 4.79 Å². The molecule has 1 saturated heterocycles. The summed E-state index contributed by atoms with van der Waals surface area (Å²) in [7, 11) is 0. The molecule has 1 saturated carbocycles. The number of hydrogen-bond acceptors (Lipinski definition) is 3. The lowest BCUT2D eigenvalue weighted by molar-refractivity contribution is -0.126.